The zero-order valence-corrected chi connectivity index (χ0v) is 18.7. The Bertz CT molecular complexity index is 911. The highest BCUT2D eigenvalue weighted by atomic mass is 19.1. The molecule has 0 aliphatic carbocycles. The van der Waals surface area contributed by atoms with Crippen molar-refractivity contribution in [2.24, 2.45) is 5.41 Å². The van der Waals surface area contributed by atoms with Crippen LogP contribution in [0.5, 0.6) is 0 Å². The summed E-state index contributed by atoms with van der Waals surface area (Å²) in [6, 6.07) is 9.33. The molecule has 172 valence electrons. The Balaban J connectivity index is 1.11. The molecule has 3 fully saturated rings. The summed E-state index contributed by atoms with van der Waals surface area (Å²) in [6.07, 6.45) is 5.26. The Kier molecular flexibility index (Phi) is 5.80. The van der Waals surface area contributed by atoms with Gasteiger partial charge in [0.05, 0.1) is 5.41 Å². The van der Waals surface area contributed by atoms with Gasteiger partial charge in [-0.25, -0.2) is 4.39 Å². The number of rotatable bonds is 5. The maximum Gasteiger partial charge on any atom is 0.226 e. The van der Waals surface area contributed by atoms with Gasteiger partial charge in [-0.2, -0.15) is 0 Å². The summed E-state index contributed by atoms with van der Waals surface area (Å²) in [6.45, 7) is 7.79. The van der Waals surface area contributed by atoms with Gasteiger partial charge in [-0.1, -0.05) is 5.16 Å². The molecule has 3 saturated heterocycles. The lowest BCUT2D eigenvalue weighted by molar-refractivity contribution is -0.128. The number of piperazine rings is 1. The highest BCUT2D eigenvalue weighted by molar-refractivity contribution is 5.85. The molecule has 2 atom stereocenters. The number of aromatic nitrogens is 1. The predicted octanol–water partition coefficient (Wildman–Crippen LogP) is 2.89. The molecule has 0 unspecified atom stereocenters. The zero-order chi connectivity index (χ0) is 22.1. The van der Waals surface area contributed by atoms with Crippen LogP contribution in [-0.2, 0) is 4.79 Å². The van der Waals surface area contributed by atoms with E-state index in [4.69, 9.17) is 4.52 Å². The van der Waals surface area contributed by atoms with Crippen molar-refractivity contribution in [1.29, 1.82) is 0 Å². The monoisotopic (exact) mass is 441 g/mol. The van der Waals surface area contributed by atoms with Crippen LogP contribution in [-0.4, -0.2) is 67.3 Å². The zero-order valence-electron chi connectivity index (χ0n) is 18.7. The summed E-state index contributed by atoms with van der Waals surface area (Å²) in [5, 5.41) is 7.32. The second kappa shape index (κ2) is 8.73. The molecule has 8 heteroatoms. The standard InChI is InChI=1S/C24H32FN5O2/c1-18-17-30(21-4-2-19(25)3-5-21)14-13-28(18)10-6-20-16-24(23(31)26-20)8-11-29(12-9-24)22-7-15-32-27-22/h2-5,7,15,18,20H,6,8-14,16-17H2,1H3,(H,26,31)/t18-,20+/m1/s1. The van der Waals surface area contributed by atoms with Gasteiger partial charge < -0.3 is 19.6 Å². The number of anilines is 2. The Morgan fingerprint density at radius 3 is 2.59 bits per heavy atom. The number of nitrogens with zero attached hydrogens (tertiary/aromatic N) is 4. The number of carbonyl (C=O) groups excluding carboxylic acids is 1. The summed E-state index contributed by atoms with van der Waals surface area (Å²) in [4.78, 5) is 19.9. The largest absolute Gasteiger partial charge is 0.369 e. The van der Waals surface area contributed by atoms with E-state index >= 15 is 0 Å². The fourth-order valence-electron chi connectivity index (χ4n) is 5.63. The lowest BCUT2D eigenvalue weighted by Gasteiger charge is -2.41. The molecule has 0 saturated carbocycles. The SMILES string of the molecule is C[C@@H]1CN(c2ccc(F)cc2)CCN1CC[C@H]1CC2(CCN(c3ccon3)CC2)C(=O)N1. The minimum Gasteiger partial charge on any atom is -0.369 e. The predicted molar refractivity (Wildman–Crippen MR) is 121 cm³/mol. The van der Waals surface area contributed by atoms with E-state index in [1.54, 1.807) is 6.26 Å². The number of hydrogen-bond acceptors (Lipinski definition) is 6. The first-order chi connectivity index (χ1) is 15.5. The minimum absolute atomic E-state index is 0.194. The van der Waals surface area contributed by atoms with Crippen LogP contribution in [0.15, 0.2) is 41.1 Å². The normalized spacial score (nSPS) is 26.0. The van der Waals surface area contributed by atoms with Gasteiger partial charge in [-0.15, -0.1) is 0 Å². The third kappa shape index (κ3) is 4.20. The van der Waals surface area contributed by atoms with Crippen LogP contribution in [0, 0.1) is 11.2 Å². The Morgan fingerprint density at radius 1 is 1.12 bits per heavy atom. The first-order valence-electron chi connectivity index (χ1n) is 11.7. The van der Waals surface area contributed by atoms with Crippen LogP contribution >= 0.6 is 0 Å². The van der Waals surface area contributed by atoms with E-state index in [9.17, 15) is 9.18 Å². The quantitative estimate of drug-likeness (QED) is 0.770. The molecule has 5 rings (SSSR count). The number of piperidine rings is 1. The molecule has 2 aromatic rings. The summed E-state index contributed by atoms with van der Waals surface area (Å²) >= 11 is 0. The van der Waals surface area contributed by atoms with Crippen LogP contribution in [0.4, 0.5) is 15.9 Å². The molecule has 1 aromatic heterocycles. The lowest BCUT2D eigenvalue weighted by Crippen LogP contribution is -2.52. The molecule has 32 heavy (non-hydrogen) atoms. The van der Waals surface area contributed by atoms with Crippen LogP contribution in [0.1, 0.15) is 32.6 Å². The maximum atomic E-state index is 13.2. The molecule has 3 aliphatic rings. The van der Waals surface area contributed by atoms with Crippen LogP contribution in [0.3, 0.4) is 0 Å². The summed E-state index contributed by atoms with van der Waals surface area (Å²) in [7, 11) is 0. The number of hydrogen-bond donors (Lipinski definition) is 1. The van der Waals surface area contributed by atoms with Gasteiger partial charge in [0.1, 0.15) is 12.1 Å². The third-order valence-corrected chi connectivity index (χ3v) is 7.64. The summed E-state index contributed by atoms with van der Waals surface area (Å²) in [5.74, 6) is 0.903. The van der Waals surface area contributed by atoms with E-state index in [0.29, 0.717) is 6.04 Å². The second-order valence-electron chi connectivity index (χ2n) is 9.60. The van der Waals surface area contributed by atoms with Crippen molar-refractivity contribution in [1.82, 2.24) is 15.4 Å². The molecule has 7 nitrogen and oxygen atoms in total. The molecule has 0 bridgehead atoms. The summed E-state index contributed by atoms with van der Waals surface area (Å²) in [5.41, 5.74) is 0.859. The second-order valence-corrected chi connectivity index (χ2v) is 9.60. The first-order valence-corrected chi connectivity index (χ1v) is 11.7. The van der Waals surface area contributed by atoms with Gasteiger partial charge in [0.15, 0.2) is 5.82 Å². The topological polar surface area (TPSA) is 64.8 Å². The average Bonchev–Trinajstić information content (AvgIpc) is 3.43. The molecule has 1 spiro atoms. The fourth-order valence-corrected chi connectivity index (χ4v) is 5.63. The molecule has 1 N–H and O–H groups in total. The van der Waals surface area contributed by atoms with Crippen LogP contribution in [0.25, 0.3) is 0 Å². The van der Waals surface area contributed by atoms with E-state index in [0.717, 1.165) is 76.5 Å². The Morgan fingerprint density at radius 2 is 1.91 bits per heavy atom. The number of benzene rings is 1. The van der Waals surface area contributed by atoms with Crippen molar-refractivity contribution < 1.29 is 13.7 Å². The number of carbonyl (C=O) groups is 1. The minimum atomic E-state index is -0.224. The first kappa shape index (κ1) is 21.2. The van der Waals surface area contributed by atoms with Gasteiger partial charge in [-0.05, 0) is 56.9 Å². The number of amides is 1. The van der Waals surface area contributed by atoms with Gasteiger partial charge in [0, 0.05) is 63.1 Å². The fraction of sp³-hybridized carbons (Fsp3) is 0.583. The molecular formula is C24H32FN5O2. The van der Waals surface area contributed by atoms with E-state index in [1.807, 2.05) is 18.2 Å². The smallest absolute Gasteiger partial charge is 0.226 e. The van der Waals surface area contributed by atoms with Crippen molar-refractivity contribution in [3.8, 4) is 0 Å². The van der Waals surface area contributed by atoms with Gasteiger partial charge in [0.25, 0.3) is 0 Å². The van der Waals surface area contributed by atoms with Crippen molar-refractivity contribution in [3.63, 3.8) is 0 Å². The molecule has 1 amide bonds. The Hall–Kier alpha value is -2.61. The molecular weight excluding hydrogens is 409 g/mol. The molecule has 4 heterocycles. The molecule has 1 aromatic carbocycles. The van der Waals surface area contributed by atoms with Crippen molar-refractivity contribution in [3.05, 3.63) is 42.4 Å². The number of halogens is 1. The average molecular weight is 442 g/mol. The van der Waals surface area contributed by atoms with Gasteiger partial charge in [0.2, 0.25) is 5.91 Å². The highest BCUT2D eigenvalue weighted by Gasteiger charge is 2.48. The van der Waals surface area contributed by atoms with Gasteiger partial charge >= 0.3 is 0 Å². The third-order valence-electron chi connectivity index (χ3n) is 7.64. The maximum absolute atomic E-state index is 13.2. The lowest BCUT2D eigenvalue weighted by atomic mass is 9.75. The Labute approximate surface area is 188 Å². The van der Waals surface area contributed by atoms with E-state index in [2.05, 4.69) is 32.1 Å². The summed E-state index contributed by atoms with van der Waals surface area (Å²) < 4.78 is 18.2. The molecule has 0 radical (unpaired) electrons. The molecule has 3 aliphatic heterocycles. The van der Waals surface area contributed by atoms with Crippen molar-refractivity contribution in [2.75, 3.05) is 49.1 Å². The highest BCUT2D eigenvalue weighted by Crippen LogP contribution is 2.41. The van der Waals surface area contributed by atoms with Crippen LogP contribution in [0.2, 0.25) is 0 Å². The van der Waals surface area contributed by atoms with Crippen LogP contribution < -0.4 is 15.1 Å². The van der Waals surface area contributed by atoms with E-state index in [1.165, 1.54) is 12.1 Å². The van der Waals surface area contributed by atoms with Gasteiger partial charge in [-0.3, -0.25) is 9.69 Å². The van der Waals surface area contributed by atoms with Crippen molar-refractivity contribution >= 4 is 17.4 Å². The van der Waals surface area contributed by atoms with E-state index in [-0.39, 0.29) is 23.2 Å². The van der Waals surface area contributed by atoms with Crippen molar-refractivity contribution in [2.45, 2.75) is 44.7 Å². The number of nitrogens with one attached hydrogen (secondary N) is 1. The van der Waals surface area contributed by atoms with E-state index < -0.39 is 0 Å².